The van der Waals surface area contributed by atoms with Gasteiger partial charge in [0.1, 0.15) is 11.3 Å². The highest BCUT2D eigenvalue weighted by Crippen LogP contribution is 2.31. The van der Waals surface area contributed by atoms with Crippen LogP contribution in [0.1, 0.15) is 19.4 Å². The third kappa shape index (κ3) is 4.53. The molecule has 0 spiro atoms. The number of hydrogen-bond acceptors (Lipinski definition) is 5. The second kappa shape index (κ2) is 9.98. The molecule has 4 heterocycles. The molecule has 6 nitrogen and oxygen atoms in total. The molecule has 8 heteroatoms. The summed E-state index contributed by atoms with van der Waals surface area (Å²) in [5, 5.41) is 0.573. The number of alkyl halides is 1. The summed E-state index contributed by atoms with van der Waals surface area (Å²) in [6, 6.07) is 19.1. The molecule has 2 N–H and O–H groups in total. The molecule has 0 bridgehead atoms. The highest BCUT2D eigenvalue weighted by molar-refractivity contribution is 6.30. The van der Waals surface area contributed by atoms with Gasteiger partial charge in [-0.05, 0) is 54.1 Å². The molecule has 0 aliphatic carbocycles. The van der Waals surface area contributed by atoms with E-state index >= 15 is 0 Å². The molecule has 0 radical (unpaired) electrons. The van der Waals surface area contributed by atoms with Gasteiger partial charge in [-0.1, -0.05) is 37.6 Å². The van der Waals surface area contributed by atoms with E-state index in [2.05, 4.69) is 9.97 Å². The summed E-state index contributed by atoms with van der Waals surface area (Å²) in [5.41, 5.74) is 11.7. The van der Waals surface area contributed by atoms with E-state index in [1.807, 2.05) is 73.0 Å². The van der Waals surface area contributed by atoms with E-state index in [4.69, 9.17) is 38.9 Å². The summed E-state index contributed by atoms with van der Waals surface area (Å²) in [6.45, 7) is 4.00. The number of aromatic nitrogens is 5. The molecule has 5 aromatic rings. The monoisotopic (exact) mass is 476 g/mol. The highest BCUT2D eigenvalue weighted by Gasteiger charge is 2.18. The lowest BCUT2D eigenvalue weighted by Crippen LogP contribution is -2.02. The summed E-state index contributed by atoms with van der Waals surface area (Å²) in [7, 11) is 0. The molecule has 1 aromatic carbocycles. The van der Waals surface area contributed by atoms with E-state index in [1.165, 1.54) is 0 Å². The average Bonchev–Trinajstić information content (AvgIpc) is 3.24. The van der Waals surface area contributed by atoms with Crippen molar-refractivity contribution in [3.63, 3.8) is 0 Å². The predicted octanol–water partition coefficient (Wildman–Crippen LogP) is 6.55. The van der Waals surface area contributed by atoms with E-state index in [0.29, 0.717) is 33.9 Å². The Morgan fingerprint density at radius 3 is 2.30 bits per heavy atom. The van der Waals surface area contributed by atoms with Gasteiger partial charge in [0, 0.05) is 24.0 Å². The Bertz CT molecular complexity index is 1380. The fourth-order valence-corrected chi connectivity index (χ4v) is 3.68. The summed E-state index contributed by atoms with van der Waals surface area (Å²) in [4.78, 5) is 18.3. The van der Waals surface area contributed by atoms with Crippen LogP contribution in [0.25, 0.3) is 39.6 Å². The standard InChI is InChI=1S/C23H16Cl2N6.C2H6/c24-12-14-3-6-16(7-4-14)31-22(17-2-1-11-27-21(17)26)30-20-10-9-19(29-23(20)31)18-8-5-15(25)13-28-18;1-2/h1-11,13H,12H2,(H2,26,27);1-2H3. The Morgan fingerprint density at radius 1 is 0.879 bits per heavy atom. The molecule has 0 amide bonds. The maximum absolute atomic E-state index is 6.18. The van der Waals surface area contributed by atoms with Crippen LogP contribution in [-0.4, -0.2) is 24.5 Å². The minimum Gasteiger partial charge on any atom is -0.383 e. The summed E-state index contributed by atoms with van der Waals surface area (Å²) >= 11 is 12.0. The molecule has 0 aliphatic rings. The first kappa shape index (κ1) is 22.7. The lowest BCUT2D eigenvalue weighted by Gasteiger charge is -2.11. The Labute approximate surface area is 202 Å². The normalized spacial score (nSPS) is 10.7. The molecule has 0 saturated heterocycles. The van der Waals surface area contributed by atoms with Gasteiger partial charge in [-0.2, -0.15) is 0 Å². The number of halogens is 2. The van der Waals surface area contributed by atoms with Crippen molar-refractivity contribution in [1.82, 2.24) is 24.5 Å². The van der Waals surface area contributed by atoms with E-state index in [9.17, 15) is 0 Å². The van der Waals surface area contributed by atoms with Crippen molar-refractivity contribution < 1.29 is 0 Å². The first-order valence-corrected chi connectivity index (χ1v) is 11.4. The largest absolute Gasteiger partial charge is 0.383 e. The number of rotatable bonds is 4. The fraction of sp³-hybridized carbons (Fsp3) is 0.120. The van der Waals surface area contributed by atoms with Crippen LogP contribution in [0.2, 0.25) is 5.02 Å². The van der Waals surface area contributed by atoms with Crippen molar-refractivity contribution in [3.05, 3.63) is 83.6 Å². The van der Waals surface area contributed by atoms with Gasteiger partial charge in [0.05, 0.1) is 22.0 Å². The van der Waals surface area contributed by atoms with Crippen LogP contribution in [0.3, 0.4) is 0 Å². The van der Waals surface area contributed by atoms with E-state index in [1.54, 1.807) is 18.5 Å². The number of nitrogens with zero attached hydrogens (tertiary/aromatic N) is 5. The van der Waals surface area contributed by atoms with Gasteiger partial charge >= 0.3 is 0 Å². The summed E-state index contributed by atoms with van der Waals surface area (Å²) < 4.78 is 1.97. The smallest absolute Gasteiger partial charge is 0.165 e. The van der Waals surface area contributed by atoms with Crippen LogP contribution < -0.4 is 5.73 Å². The average molecular weight is 477 g/mol. The van der Waals surface area contributed by atoms with Crippen molar-refractivity contribution in [3.8, 4) is 28.5 Å². The zero-order valence-electron chi connectivity index (χ0n) is 18.2. The Hall–Kier alpha value is -3.48. The van der Waals surface area contributed by atoms with E-state index in [-0.39, 0.29) is 0 Å². The number of nitrogens with two attached hydrogens (primary N) is 1. The zero-order valence-corrected chi connectivity index (χ0v) is 19.7. The van der Waals surface area contributed by atoms with Gasteiger partial charge < -0.3 is 5.73 Å². The molecule has 5 rings (SSSR count). The number of pyridine rings is 3. The van der Waals surface area contributed by atoms with Crippen LogP contribution in [-0.2, 0) is 5.88 Å². The molecular formula is C25H22Cl2N6. The highest BCUT2D eigenvalue weighted by atomic mass is 35.5. The van der Waals surface area contributed by atoms with Gasteiger partial charge in [-0.25, -0.2) is 15.0 Å². The third-order valence-electron chi connectivity index (χ3n) is 4.92. The molecule has 0 aliphatic heterocycles. The molecule has 0 atom stereocenters. The predicted molar refractivity (Wildman–Crippen MR) is 136 cm³/mol. The quantitative estimate of drug-likeness (QED) is 0.297. The Kier molecular flexibility index (Phi) is 6.87. The number of nitrogen functional groups attached to an aromatic ring is 1. The van der Waals surface area contributed by atoms with Crippen LogP contribution in [0, 0.1) is 0 Å². The summed E-state index contributed by atoms with van der Waals surface area (Å²) in [5.74, 6) is 1.50. The number of imidazole rings is 1. The lowest BCUT2D eigenvalue weighted by molar-refractivity contribution is 1.07. The third-order valence-corrected chi connectivity index (χ3v) is 5.45. The number of anilines is 1. The van der Waals surface area contributed by atoms with Gasteiger partial charge in [0.15, 0.2) is 11.5 Å². The second-order valence-corrected chi connectivity index (χ2v) is 7.61. The van der Waals surface area contributed by atoms with Crippen molar-refractivity contribution >= 4 is 40.2 Å². The van der Waals surface area contributed by atoms with E-state index in [0.717, 1.165) is 28.0 Å². The Balaban J connectivity index is 0.00000126. The van der Waals surface area contributed by atoms with Gasteiger partial charge in [0.2, 0.25) is 0 Å². The van der Waals surface area contributed by atoms with Crippen LogP contribution in [0.4, 0.5) is 5.82 Å². The maximum atomic E-state index is 6.18. The molecule has 4 aromatic heterocycles. The number of benzene rings is 1. The van der Waals surface area contributed by atoms with E-state index < -0.39 is 0 Å². The first-order valence-electron chi connectivity index (χ1n) is 10.5. The number of fused-ring (bicyclic) bond motifs is 1. The van der Waals surface area contributed by atoms with Crippen molar-refractivity contribution in [2.75, 3.05) is 5.73 Å². The van der Waals surface area contributed by atoms with Crippen molar-refractivity contribution in [2.45, 2.75) is 19.7 Å². The van der Waals surface area contributed by atoms with Crippen molar-refractivity contribution in [2.24, 2.45) is 0 Å². The second-order valence-electron chi connectivity index (χ2n) is 6.91. The van der Waals surface area contributed by atoms with Crippen LogP contribution >= 0.6 is 23.2 Å². The zero-order chi connectivity index (χ0) is 23.4. The Morgan fingerprint density at radius 2 is 1.64 bits per heavy atom. The SMILES string of the molecule is CC.Nc1ncccc1-c1nc2ccc(-c3ccc(Cl)cn3)nc2n1-c1ccc(CCl)cc1. The maximum Gasteiger partial charge on any atom is 0.165 e. The minimum absolute atomic E-state index is 0.399. The summed E-state index contributed by atoms with van der Waals surface area (Å²) in [6.07, 6.45) is 3.26. The molecule has 0 saturated carbocycles. The van der Waals surface area contributed by atoms with Crippen LogP contribution in [0.15, 0.2) is 73.1 Å². The van der Waals surface area contributed by atoms with Crippen LogP contribution in [0.5, 0.6) is 0 Å². The van der Waals surface area contributed by atoms with Gasteiger partial charge in [-0.15, -0.1) is 11.6 Å². The van der Waals surface area contributed by atoms with Gasteiger partial charge in [-0.3, -0.25) is 9.55 Å². The molecule has 33 heavy (non-hydrogen) atoms. The molecule has 0 fully saturated rings. The molecule has 0 unspecified atom stereocenters. The minimum atomic E-state index is 0.399. The topological polar surface area (TPSA) is 82.5 Å². The first-order chi connectivity index (χ1) is 16.1. The molecule has 166 valence electrons. The van der Waals surface area contributed by atoms with Gasteiger partial charge in [0.25, 0.3) is 0 Å². The number of hydrogen-bond donors (Lipinski definition) is 1. The lowest BCUT2D eigenvalue weighted by atomic mass is 10.2. The molecular weight excluding hydrogens is 455 g/mol. The fourth-order valence-electron chi connectivity index (χ4n) is 3.39. The van der Waals surface area contributed by atoms with Crippen molar-refractivity contribution in [1.29, 1.82) is 0 Å².